The van der Waals surface area contributed by atoms with Crippen LogP contribution in [0.25, 0.3) is 11.1 Å². The van der Waals surface area contributed by atoms with E-state index < -0.39 is 0 Å². The lowest BCUT2D eigenvalue weighted by molar-refractivity contribution is 0.0675. The maximum atomic E-state index is 5.84. The van der Waals surface area contributed by atoms with Crippen molar-refractivity contribution in [3.05, 3.63) is 53.9 Å². The third-order valence-electron chi connectivity index (χ3n) is 3.35. The molecule has 1 aromatic carbocycles. The molecule has 18 heavy (non-hydrogen) atoms. The monoisotopic (exact) mass is 240 g/mol. The highest BCUT2D eigenvalue weighted by Crippen LogP contribution is 2.36. The number of nitrogens with one attached hydrogen (secondary N) is 1. The van der Waals surface area contributed by atoms with E-state index in [9.17, 15) is 0 Å². The first kappa shape index (κ1) is 11.4. The highest BCUT2D eigenvalue weighted by molar-refractivity contribution is 5.68. The molecule has 0 fully saturated rings. The summed E-state index contributed by atoms with van der Waals surface area (Å²) in [5.41, 5.74) is 4.98. The zero-order valence-electron chi connectivity index (χ0n) is 10.4. The van der Waals surface area contributed by atoms with Crippen molar-refractivity contribution in [2.24, 2.45) is 0 Å². The molecule has 3 rings (SSSR count). The van der Waals surface area contributed by atoms with Gasteiger partial charge in [-0.25, -0.2) is 0 Å². The fourth-order valence-corrected chi connectivity index (χ4v) is 2.49. The molecule has 1 atom stereocenters. The molecule has 0 amide bonds. The van der Waals surface area contributed by atoms with Crippen LogP contribution in [-0.4, -0.2) is 18.6 Å². The Morgan fingerprint density at radius 2 is 2.28 bits per heavy atom. The predicted octanol–water partition coefficient (Wildman–Crippen LogP) is 2.54. The molecule has 1 aromatic heterocycles. The summed E-state index contributed by atoms with van der Waals surface area (Å²) < 4.78 is 5.84. The van der Waals surface area contributed by atoms with Crippen molar-refractivity contribution in [2.45, 2.75) is 12.7 Å². The first-order chi connectivity index (χ1) is 8.90. The van der Waals surface area contributed by atoms with Gasteiger partial charge in [0, 0.05) is 24.5 Å². The Labute approximate surface area is 107 Å². The first-order valence-corrected chi connectivity index (χ1v) is 6.18. The number of rotatable bonds is 3. The van der Waals surface area contributed by atoms with Gasteiger partial charge in [0.15, 0.2) is 0 Å². The summed E-state index contributed by atoms with van der Waals surface area (Å²) in [6.45, 7) is 1.54. The number of aromatic nitrogens is 1. The van der Waals surface area contributed by atoms with Crippen molar-refractivity contribution in [3.63, 3.8) is 0 Å². The molecule has 3 nitrogen and oxygen atoms in total. The molecule has 0 saturated heterocycles. The Bertz CT molecular complexity index is 539. The summed E-state index contributed by atoms with van der Waals surface area (Å²) >= 11 is 0. The van der Waals surface area contributed by atoms with E-state index in [0.29, 0.717) is 6.61 Å². The summed E-state index contributed by atoms with van der Waals surface area (Å²) in [6, 6.07) is 10.5. The van der Waals surface area contributed by atoms with E-state index in [0.717, 1.165) is 12.1 Å². The second kappa shape index (κ2) is 4.88. The van der Waals surface area contributed by atoms with Gasteiger partial charge in [-0.3, -0.25) is 4.98 Å². The van der Waals surface area contributed by atoms with Gasteiger partial charge in [-0.1, -0.05) is 24.3 Å². The summed E-state index contributed by atoms with van der Waals surface area (Å²) in [5.74, 6) is 0. The van der Waals surface area contributed by atoms with Crippen molar-refractivity contribution < 1.29 is 4.74 Å². The highest BCUT2D eigenvalue weighted by atomic mass is 16.5. The number of pyridine rings is 1. The molecule has 0 saturated carbocycles. The fourth-order valence-electron chi connectivity index (χ4n) is 2.49. The summed E-state index contributed by atoms with van der Waals surface area (Å²) in [6.07, 6.45) is 3.87. The van der Waals surface area contributed by atoms with Gasteiger partial charge in [-0.05, 0) is 29.8 Å². The van der Waals surface area contributed by atoms with E-state index in [-0.39, 0.29) is 6.10 Å². The molecule has 0 aliphatic carbocycles. The maximum absolute atomic E-state index is 5.84. The molecule has 1 aliphatic rings. The van der Waals surface area contributed by atoms with E-state index in [1.165, 1.54) is 16.7 Å². The van der Waals surface area contributed by atoms with Gasteiger partial charge in [-0.15, -0.1) is 0 Å². The minimum atomic E-state index is 0.168. The molecule has 1 N–H and O–H groups in total. The Morgan fingerprint density at radius 1 is 1.33 bits per heavy atom. The normalized spacial score (nSPS) is 17.7. The number of hydrogen-bond donors (Lipinski definition) is 1. The Hall–Kier alpha value is -1.71. The second-order valence-electron chi connectivity index (χ2n) is 4.47. The van der Waals surface area contributed by atoms with Crippen LogP contribution < -0.4 is 5.32 Å². The summed E-state index contributed by atoms with van der Waals surface area (Å²) in [4.78, 5) is 4.19. The number of fused-ring (bicyclic) bond motifs is 1. The lowest BCUT2D eigenvalue weighted by atomic mass is 9.96. The van der Waals surface area contributed by atoms with Gasteiger partial charge in [0.2, 0.25) is 0 Å². The van der Waals surface area contributed by atoms with Gasteiger partial charge in [0.1, 0.15) is 0 Å². The Balaban J connectivity index is 2.04. The van der Waals surface area contributed by atoms with Gasteiger partial charge < -0.3 is 10.1 Å². The average Bonchev–Trinajstić information content (AvgIpc) is 2.84. The van der Waals surface area contributed by atoms with E-state index in [1.807, 2.05) is 19.3 Å². The lowest BCUT2D eigenvalue weighted by Gasteiger charge is -2.11. The van der Waals surface area contributed by atoms with Crippen molar-refractivity contribution in [2.75, 3.05) is 13.6 Å². The van der Waals surface area contributed by atoms with Crippen LogP contribution in [0.2, 0.25) is 0 Å². The third kappa shape index (κ3) is 1.92. The Morgan fingerprint density at radius 3 is 3.06 bits per heavy atom. The topological polar surface area (TPSA) is 34.1 Å². The van der Waals surface area contributed by atoms with Crippen LogP contribution in [0, 0.1) is 0 Å². The molecule has 92 valence electrons. The maximum Gasteiger partial charge on any atom is 0.0957 e. The van der Waals surface area contributed by atoms with Gasteiger partial charge in [0.25, 0.3) is 0 Å². The largest absolute Gasteiger partial charge is 0.367 e. The van der Waals surface area contributed by atoms with Crippen LogP contribution >= 0.6 is 0 Å². The summed E-state index contributed by atoms with van der Waals surface area (Å²) in [7, 11) is 1.95. The molecule has 2 aromatic rings. The quantitative estimate of drug-likeness (QED) is 0.895. The number of benzene rings is 1. The molecular formula is C15H16N2O. The average molecular weight is 240 g/mol. The van der Waals surface area contributed by atoms with Crippen LogP contribution in [-0.2, 0) is 11.3 Å². The van der Waals surface area contributed by atoms with Gasteiger partial charge in [0.05, 0.1) is 12.7 Å². The van der Waals surface area contributed by atoms with E-state index in [1.54, 1.807) is 6.20 Å². The standard InChI is InChI=1S/C15H16N2O/c1-16-9-15-13-6-2-5-12(14(13)10-18-15)11-4-3-7-17-8-11/h2-8,15-16H,9-10H2,1H3/t15-/m1/s1. The fraction of sp³-hybridized carbons (Fsp3) is 0.267. The van der Waals surface area contributed by atoms with E-state index in [2.05, 4.69) is 34.6 Å². The molecule has 2 heterocycles. The zero-order chi connectivity index (χ0) is 12.4. The first-order valence-electron chi connectivity index (χ1n) is 6.18. The summed E-state index contributed by atoms with van der Waals surface area (Å²) in [5, 5.41) is 3.17. The van der Waals surface area contributed by atoms with Crippen LogP contribution in [0.1, 0.15) is 17.2 Å². The van der Waals surface area contributed by atoms with Gasteiger partial charge >= 0.3 is 0 Å². The smallest absolute Gasteiger partial charge is 0.0957 e. The third-order valence-corrected chi connectivity index (χ3v) is 3.35. The van der Waals surface area contributed by atoms with Crippen molar-refractivity contribution >= 4 is 0 Å². The lowest BCUT2D eigenvalue weighted by Crippen LogP contribution is -2.16. The number of ether oxygens (including phenoxy) is 1. The molecule has 0 unspecified atom stereocenters. The Kier molecular flexibility index (Phi) is 3.09. The van der Waals surface area contributed by atoms with Crippen LogP contribution in [0.15, 0.2) is 42.7 Å². The molecular weight excluding hydrogens is 224 g/mol. The SMILES string of the molecule is CNC[C@H]1OCc2c(-c3cccnc3)cccc21. The molecule has 0 radical (unpaired) electrons. The highest BCUT2D eigenvalue weighted by Gasteiger charge is 2.24. The van der Waals surface area contributed by atoms with Crippen LogP contribution in [0.5, 0.6) is 0 Å². The van der Waals surface area contributed by atoms with E-state index in [4.69, 9.17) is 4.74 Å². The minimum Gasteiger partial charge on any atom is -0.367 e. The molecule has 1 aliphatic heterocycles. The number of hydrogen-bond acceptors (Lipinski definition) is 3. The van der Waals surface area contributed by atoms with E-state index >= 15 is 0 Å². The van der Waals surface area contributed by atoms with Crippen molar-refractivity contribution in [1.29, 1.82) is 0 Å². The van der Waals surface area contributed by atoms with Crippen LogP contribution in [0.4, 0.5) is 0 Å². The predicted molar refractivity (Wildman–Crippen MR) is 71.1 cm³/mol. The van der Waals surface area contributed by atoms with Gasteiger partial charge in [-0.2, -0.15) is 0 Å². The molecule has 0 bridgehead atoms. The van der Waals surface area contributed by atoms with Crippen LogP contribution in [0.3, 0.4) is 0 Å². The van der Waals surface area contributed by atoms with Crippen molar-refractivity contribution in [1.82, 2.24) is 10.3 Å². The number of nitrogens with zero attached hydrogens (tertiary/aromatic N) is 1. The second-order valence-corrected chi connectivity index (χ2v) is 4.47. The molecule has 0 spiro atoms. The minimum absolute atomic E-state index is 0.168. The van der Waals surface area contributed by atoms with Crippen molar-refractivity contribution in [3.8, 4) is 11.1 Å². The zero-order valence-corrected chi connectivity index (χ0v) is 10.4. The molecule has 3 heteroatoms. The number of likely N-dealkylation sites (N-methyl/N-ethyl adjacent to an activating group) is 1.